The van der Waals surface area contributed by atoms with Crippen LogP contribution in [0.2, 0.25) is 0 Å². The first-order chi connectivity index (χ1) is 9.69. The number of anilines is 1. The molecule has 0 spiro atoms. The maximum atomic E-state index is 11.4. The molecular weight excluding hydrogens is 256 g/mol. The van der Waals surface area contributed by atoms with Gasteiger partial charge >= 0.3 is 5.97 Å². The highest BCUT2D eigenvalue weighted by atomic mass is 16.5. The summed E-state index contributed by atoms with van der Waals surface area (Å²) in [6.45, 7) is 5.42. The maximum Gasteiger partial charge on any atom is 0.358 e. The van der Waals surface area contributed by atoms with Crippen LogP contribution in [0.15, 0.2) is 12.4 Å². The molecule has 1 aromatic rings. The van der Waals surface area contributed by atoms with E-state index in [1.54, 1.807) is 6.20 Å². The number of methoxy groups -OCH3 is 1. The van der Waals surface area contributed by atoms with Gasteiger partial charge in [-0.2, -0.15) is 0 Å². The minimum absolute atomic E-state index is 0.225. The van der Waals surface area contributed by atoms with Gasteiger partial charge in [0, 0.05) is 12.6 Å². The van der Waals surface area contributed by atoms with Gasteiger partial charge in [0.25, 0.3) is 0 Å². The van der Waals surface area contributed by atoms with Gasteiger partial charge in [0.05, 0.1) is 19.5 Å². The summed E-state index contributed by atoms with van der Waals surface area (Å²) >= 11 is 0. The van der Waals surface area contributed by atoms with E-state index >= 15 is 0 Å². The third-order valence-electron chi connectivity index (χ3n) is 3.40. The van der Waals surface area contributed by atoms with E-state index in [2.05, 4.69) is 31.8 Å². The van der Waals surface area contributed by atoms with Crippen LogP contribution in [0.5, 0.6) is 0 Å². The fourth-order valence-corrected chi connectivity index (χ4v) is 2.47. The number of aromatic nitrogens is 2. The van der Waals surface area contributed by atoms with Crippen molar-refractivity contribution in [3.63, 3.8) is 0 Å². The number of carbonyl (C=O) groups is 1. The van der Waals surface area contributed by atoms with E-state index in [9.17, 15) is 4.79 Å². The average Bonchev–Trinajstić information content (AvgIpc) is 2.47. The maximum absolute atomic E-state index is 11.4. The predicted molar refractivity (Wildman–Crippen MR) is 76.7 cm³/mol. The zero-order chi connectivity index (χ0) is 14.4. The van der Waals surface area contributed by atoms with E-state index < -0.39 is 5.97 Å². The molecule has 110 valence electrons. The first kappa shape index (κ1) is 14.7. The molecule has 20 heavy (non-hydrogen) atoms. The molecule has 1 saturated heterocycles. The lowest BCUT2D eigenvalue weighted by atomic mass is 10.1. The number of hydrogen-bond donors (Lipinski definition) is 1. The Kier molecular flexibility index (Phi) is 5.29. The summed E-state index contributed by atoms with van der Waals surface area (Å²) < 4.78 is 4.64. The number of piperidine rings is 1. The topological polar surface area (TPSA) is 67.3 Å². The lowest BCUT2D eigenvalue weighted by Crippen LogP contribution is -2.38. The smallest absolute Gasteiger partial charge is 0.358 e. The number of nitrogens with one attached hydrogen (secondary N) is 1. The molecule has 1 N–H and O–H groups in total. The van der Waals surface area contributed by atoms with Gasteiger partial charge in [-0.3, -0.25) is 4.98 Å². The van der Waals surface area contributed by atoms with Gasteiger partial charge in [0.15, 0.2) is 5.69 Å². The van der Waals surface area contributed by atoms with Gasteiger partial charge in [-0.1, -0.05) is 6.42 Å². The lowest BCUT2D eigenvalue weighted by Gasteiger charge is -2.29. The molecule has 1 aliphatic rings. The van der Waals surface area contributed by atoms with Crippen molar-refractivity contribution < 1.29 is 9.53 Å². The van der Waals surface area contributed by atoms with Crippen LogP contribution >= 0.6 is 0 Å². The molecule has 1 atom stereocenters. The van der Waals surface area contributed by atoms with Crippen molar-refractivity contribution >= 4 is 11.8 Å². The van der Waals surface area contributed by atoms with E-state index in [-0.39, 0.29) is 11.7 Å². The number of likely N-dealkylation sites (tertiary alicyclic amines) is 1. The Hall–Kier alpha value is -1.69. The number of ether oxygens (including phenoxy) is 1. The van der Waals surface area contributed by atoms with Gasteiger partial charge in [-0.15, -0.1) is 0 Å². The standard InChI is InChI=1S/C14H22N4O2/c1-11(10-18-6-4-3-5-7-18)16-13-9-15-8-12(17-13)14(19)20-2/h8-9,11H,3-7,10H2,1-2H3,(H,16,17). The Morgan fingerprint density at radius 2 is 2.15 bits per heavy atom. The molecule has 1 fully saturated rings. The van der Waals surface area contributed by atoms with Crippen molar-refractivity contribution in [2.24, 2.45) is 0 Å². The summed E-state index contributed by atoms with van der Waals surface area (Å²) in [5, 5.41) is 3.29. The zero-order valence-corrected chi connectivity index (χ0v) is 12.1. The molecule has 0 amide bonds. The van der Waals surface area contributed by atoms with Crippen LogP contribution in [0, 0.1) is 0 Å². The molecule has 0 saturated carbocycles. The summed E-state index contributed by atoms with van der Waals surface area (Å²) in [6.07, 6.45) is 6.94. The number of nitrogens with zero attached hydrogens (tertiary/aromatic N) is 3. The van der Waals surface area contributed by atoms with E-state index in [1.165, 1.54) is 45.7 Å². The third kappa shape index (κ3) is 4.16. The predicted octanol–water partition coefficient (Wildman–Crippen LogP) is 1.55. The molecule has 6 heteroatoms. The number of carbonyl (C=O) groups excluding carboxylic acids is 1. The summed E-state index contributed by atoms with van der Waals surface area (Å²) in [7, 11) is 1.34. The number of hydrogen-bond acceptors (Lipinski definition) is 6. The minimum Gasteiger partial charge on any atom is -0.464 e. The summed E-state index contributed by atoms with van der Waals surface area (Å²) in [6, 6.07) is 0.260. The van der Waals surface area contributed by atoms with Gasteiger partial charge in [-0.25, -0.2) is 9.78 Å². The van der Waals surface area contributed by atoms with Crippen molar-refractivity contribution in [2.45, 2.75) is 32.2 Å². The van der Waals surface area contributed by atoms with Crippen LogP contribution in [0.25, 0.3) is 0 Å². The molecule has 1 unspecified atom stereocenters. The van der Waals surface area contributed by atoms with Crippen LogP contribution in [-0.2, 0) is 4.74 Å². The molecule has 1 aliphatic heterocycles. The lowest BCUT2D eigenvalue weighted by molar-refractivity contribution is 0.0593. The second-order valence-electron chi connectivity index (χ2n) is 5.19. The Morgan fingerprint density at radius 3 is 2.85 bits per heavy atom. The van der Waals surface area contributed by atoms with Gasteiger partial charge in [0.2, 0.25) is 0 Å². The number of esters is 1. The van der Waals surface area contributed by atoms with Crippen LogP contribution in [-0.4, -0.2) is 53.6 Å². The van der Waals surface area contributed by atoms with E-state index in [0.29, 0.717) is 5.82 Å². The summed E-state index contributed by atoms with van der Waals surface area (Å²) in [5.41, 5.74) is 0.225. The fraction of sp³-hybridized carbons (Fsp3) is 0.643. The molecule has 0 aromatic carbocycles. The molecule has 0 radical (unpaired) electrons. The molecular formula is C14H22N4O2. The van der Waals surface area contributed by atoms with Crippen LogP contribution in [0.4, 0.5) is 5.82 Å². The average molecular weight is 278 g/mol. The monoisotopic (exact) mass is 278 g/mol. The van der Waals surface area contributed by atoms with E-state index in [1.807, 2.05) is 0 Å². The van der Waals surface area contributed by atoms with Crippen molar-refractivity contribution in [3.05, 3.63) is 18.1 Å². The molecule has 2 rings (SSSR count). The highest BCUT2D eigenvalue weighted by Gasteiger charge is 2.14. The van der Waals surface area contributed by atoms with E-state index in [4.69, 9.17) is 0 Å². The molecule has 0 aliphatic carbocycles. The summed E-state index contributed by atoms with van der Waals surface area (Å²) in [4.78, 5) is 22.1. The molecule has 2 heterocycles. The number of rotatable bonds is 5. The zero-order valence-electron chi connectivity index (χ0n) is 12.1. The van der Waals surface area contributed by atoms with Crippen LogP contribution in [0.1, 0.15) is 36.7 Å². The third-order valence-corrected chi connectivity index (χ3v) is 3.40. The van der Waals surface area contributed by atoms with Crippen molar-refractivity contribution in [3.8, 4) is 0 Å². The Bertz CT molecular complexity index is 447. The molecule has 6 nitrogen and oxygen atoms in total. The first-order valence-corrected chi connectivity index (χ1v) is 7.08. The Morgan fingerprint density at radius 1 is 1.40 bits per heavy atom. The highest BCUT2D eigenvalue weighted by molar-refractivity contribution is 5.87. The van der Waals surface area contributed by atoms with Crippen molar-refractivity contribution in [1.82, 2.24) is 14.9 Å². The fourth-order valence-electron chi connectivity index (χ4n) is 2.47. The van der Waals surface area contributed by atoms with Crippen LogP contribution < -0.4 is 5.32 Å². The SMILES string of the molecule is COC(=O)c1cncc(NC(C)CN2CCCCC2)n1. The second kappa shape index (κ2) is 7.19. The van der Waals surface area contributed by atoms with Gasteiger partial charge in [-0.05, 0) is 32.9 Å². The molecule has 1 aromatic heterocycles. The van der Waals surface area contributed by atoms with Crippen molar-refractivity contribution in [2.75, 3.05) is 32.1 Å². The van der Waals surface area contributed by atoms with Gasteiger partial charge in [0.1, 0.15) is 5.82 Å². The highest BCUT2D eigenvalue weighted by Crippen LogP contribution is 2.11. The Labute approximate surface area is 119 Å². The minimum atomic E-state index is -0.468. The van der Waals surface area contributed by atoms with Crippen LogP contribution in [0.3, 0.4) is 0 Å². The Balaban J connectivity index is 1.89. The first-order valence-electron chi connectivity index (χ1n) is 7.08. The van der Waals surface area contributed by atoms with E-state index in [0.717, 1.165) is 6.54 Å². The van der Waals surface area contributed by atoms with Gasteiger partial charge < -0.3 is 15.0 Å². The normalized spacial score (nSPS) is 17.5. The summed E-state index contributed by atoms with van der Waals surface area (Å²) in [5.74, 6) is 0.141. The molecule has 0 bridgehead atoms. The van der Waals surface area contributed by atoms with Crippen molar-refractivity contribution in [1.29, 1.82) is 0 Å². The second-order valence-corrected chi connectivity index (χ2v) is 5.19. The largest absolute Gasteiger partial charge is 0.464 e. The quantitative estimate of drug-likeness (QED) is 0.824.